The Balaban J connectivity index is 1.87. The summed E-state index contributed by atoms with van der Waals surface area (Å²) in [6, 6.07) is 9.76. The Morgan fingerprint density at radius 1 is 1.30 bits per heavy atom. The molecule has 0 spiro atoms. The predicted molar refractivity (Wildman–Crippen MR) is 82.0 cm³/mol. The zero-order valence-corrected chi connectivity index (χ0v) is 12.1. The highest BCUT2D eigenvalue weighted by Gasteiger charge is 2.02. The summed E-state index contributed by atoms with van der Waals surface area (Å²) in [6.45, 7) is 6.24. The number of hydrogen-bond acceptors (Lipinski definition) is 3. The molecule has 0 bridgehead atoms. The van der Waals surface area contributed by atoms with Gasteiger partial charge in [-0.1, -0.05) is 18.2 Å². The van der Waals surface area contributed by atoms with Gasteiger partial charge in [-0.25, -0.2) is 0 Å². The fourth-order valence-corrected chi connectivity index (χ4v) is 2.06. The number of nitrogens with one attached hydrogen (secondary N) is 2. The second-order valence-electron chi connectivity index (χ2n) is 5.16. The topological polar surface area (TPSA) is 54.1 Å². The van der Waals surface area contributed by atoms with Crippen LogP contribution in [-0.4, -0.2) is 24.2 Å². The lowest BCUT2D eigenvalue weighted by Gasteiger charge is -2.08. The number of pyridine rings is 1. The van der Waals surface area contributed by atoms with Crippen LogP contribution in [0, 0.1) is 0 Å². The van der Waals surface area contributed by atoms with Crippen molar-refractivity contribution in [3.05, 3.63) is 46.2 Å². The smallest absolute Gasteiger partial charge is 0.252 e. The Hall–Kier alpha value is -1.65. The standard InChI is InChI=1S/C16H22N2O2/c1-12(2)20-9-5-8-17-11-14-10-13-6-3-4-7-15(13)18-16(14)19/h3-4,6-7,10,12,17H,5,8-9,11H2,1-2H3,(H,18,19). The van der Waals surface area contributed by atoms with E-state index in [0.717, 1.165) is 36.0 Å². The van der Waals surface area contributed by atoms with Gasteiger partial charge in [0.2, 0.25) is 0 Å². The van der Waals surface area contributed by atoms with Gasteiger partial charge >= 0.3 is 0 Å². The molecular formula is C16H22N2O2. The summed E-state index contributed by atoms with van der Waals surface area (Å²) in [5.74, 6) is 0. The molecule has 0 atom stereocenters. The Morgan fingerprint density at radius 2 is 2.10 bits per heavy atom. The van der Waals surface area contributed by atoms with Gasteiger partial charge in [0.15, 0.2) is 0 Å². The summed E-state index contributed by atoms with van der Waals surface area (Å²) in [6.07, 6.45) is 1.22. The Morgan fingerprint density at radius 3 is 2.90 bits per heavy atom. The highest BCUT2D eigenvalue weighted by molar-refractivity contribution is 5.78. The van der Waals surface area contributed by atoms with E-state index in [1.807, 2.05) is 44.2 Å². The molecule has 2 aromatic rings. The fourth-order valence-electron chi connectivity index (χ4n) is 2.06. The van der Waals surface area contributed by atoms with Gasteiger partial charge in [-0.2, -0.15) is 0 Å². The minimum atomic E-state index is -0.0189. The fraction of sp³-hybridized carbons (Fsp3) is 0.438. The van der Waals surface area contributed by atoms with Gasteiger partial charge in [-0.05, 0) is 44.3 Å². The van der Waals surface area contributed by atoms with E-state index in [9.17, 15) is 4.79 Å². The molecule has 2 N–H and O–H groups in total. The van der Waals surface area contributed by atoms with E-state index in [4.69, 9.17) is 4.74 Å². The van der Waals surface area contributed by atoms with Crippen molar-refractivity contribution >= 4 is 10.9 Å². The van der Waals surface area contributed by atoms with E-state index in [0.29, 0.717) is 6.54 Å². The van der Waals surface area contributed by atoms with Crippen molar-refractivity contribution in [1.82, 2.24) is 10.3 Å². The zero-order valence-electron chi connectivity index (χ0n) is 12.1. The third-order valence-corrected chi connectivity index (χ3v) is 3.09. The Bertz CT molecular complexity index is 605. The number of aromatic nitrogens is 1. The second-order valence-corrected chi connectivity index (χ2v) is 5.16. The van der Waals surface area contributed by atoms with Crippen molar-refractivity contribution < 1.29 is 4.74 Å². The third-order valence-electron chi connectivity index (χ3n) is 3.09. The average Bonchev–Trinajstić information content (AvgIpc) is 2.42. The van der Waals surface area contributed by atoms with Crippen molar-refractivity contribution in [2.75, 3.05) is 13.2 Å². The molecule has 1 heterocycles. The molecule has 0 aliphatic rings. The van der Waals surface area contributed by atoms with E-state index < -0.39 is 0 Å². The van der Waals surface area contributed by atoms with Crippen LogP contribution >= 0.6 is 0 Å². The molecule has 0 saturated heterocycles. The molecule has 0 fully saturated rings. The molecule has 1 aromatic carbocycles. The summed E-state index contributed by atoms with van der Waals surface area (Å²) in [7, 11) is 0. The molecule has 0 aliphatic heterocycles. The van der Waals surface area contributed by atoms with E-state index in [2.05, 4.69) is 10.3 Å². The minimum Gasteiger partial charge on any atom is -0.379 e. The van der Waals surface area contributed by atoms with Gasteiger partial charge in [-0.3, -0.25) is 4.79 Å². The predicted octanol–water partition coefficient (Wildman–Crippen LogP) is 2.43. The van der Waals surface area contributed by atoms with Crippen LogP contribution < -0.4 is 10.9 Å². The molecule has 0 radical (unpaired) electrons. The van der Waals surface area contributed by atoms with E-state index in [-0.39, 0.29) is 11.7 Å². The number of ether oxygens (including phenoxy) is 1. The number of rotatable bonds is 7. The Kier molecular flexibility index (Phi) is 5.32. The molecule has 0 amide bonds. The van der Waals surface area contributed by atoms with Crippen LogP contribution in [0.2, 0.25) is 0 Å². The Labute approximate surface area is 119 Å². The summed E-state index contributed by atoms with van der Waals surface area (Å²) in [5, 5.41) is 4.34. The van der Waals surface area contributed by atoms with Crippen LogP contribution in [0.4, 0.5) is 0 Å². The number of H-pyrrole nitrogens is 1. The second kappa shape index (κ2) is 7.22. The summed E-state index contributed by atoms with van der Waals surface area (Å²) in [5.41, 5.74) is 1.63. The maximum atomic E-state index is 11.9. The number of hydrogen-bond donors (Lipinski definition) is 2. The van der Waals surface area contributed by atoms with Crippen LogP contribution in [-0.2, 0) is 11.3 Å². The summed E-state index contributed by atoms with van der Waals surface area (Å²) in [4.78, 5) is 14.8. The van der Waals surface area contributed by atoms with E-state index in [1.54, 1.807) is 0 Å². The maximum absolute atomic E-state index is 11.9. The molecule has 4 nitrogen and oxygen atoms in total. The SMILES string of the molecule is CC(C)OCCCNCc1cc2ccccc2[nH]c1=O. The molecule has 2 rings (SSSR count). The van der Waals surface area contributed by atoms with Crippen LogP contribution in [0.3, 0.4) is 0 Å². The molecule has 20 heavy (non-hydrogen) atoms. The van der Waals surface area contributed by atoms with Gasteiger partial charge < -0.3 is 15.0 Å². The highest BCUT2D eigenvalue weighted by Crippen LogP contribution is 2.09. The van der Waals surface area contributed by atoms with E-state index in [1.165, 1.54) is 0 Å². The number of benzene rings is 1. The highest BCUT2D eigenvalue weighted by atomic mass is 16.5. The van der Waals surface area contributed by atoms with Gasteiger partial charge in [0.05, 0.1) is 6.10 Å². The van der Waals surface area contributed by atoms with Gasteiger partial charge in [0.25, 0.3) is 5.56 Å². The monoisotopic (exact) mass is 274 g/mol. The van der Waals surface area contributed by atoms with Crippen LogP contribution in [0.15, 0.2) is 35.1 Å². The zero-order chi connectivity index (χ0) is 14.4. The molecule has 108 valence electrons. The largest absolute Gasteiger partial charge is 0.379 e. The normalized spacial score (nSPS) is 11.3. The minimum absolute atomic E-state index is 0.0189. The molecular weight excluding hydrogens is 252 g/mol. The lowest BCUT2D eigenvalue weighted by molar-refractivity contribution is 0.0770. The summed E-state index contributed by atoms with van der Waals surface area (Å²) < 4.78 is 5.47. The molecule has 1 aromatic heterocycles. The first-order valence-electron chi connectivity index (χ1n) is 7.10. The molecule has 0 saturated carbocycles. The van der Waals surface area contributed by atoms with Gasteiger partial charge in [0, 0.05) is 24.2 Å². The van der Waals surface area contributed by atoms with Crippen LogP contribution in [0.5, 0.6) is 0 Å². The third kappa shape index (κ3) is 4.18. The maximum Gasteiger partial charge on any atom is 0.252 e. The van der Waals surface area contributed by atoms with E-state index >= 15 is 0 Å². The van der Waals surface area contributed by atoms with Gasteiger partial charge in [0.1, 0.15) is 0 Å². The van der Waals surface area contributed by atoms with Gasteiger partial charge in [-0.15, -0.1) is 0 Å². The van der Waals surface area contributed by atoms with Crippen molar-refractivity contribution in [1.29, 1.82) is 0 Å². The average molecular weight is 274 g/mol. The number of para-hydroxylation sites is 1. The van der Waals surface area contributed by atoms with Crippen LogP contribution in [0.25, 0.3) is 10.9 Å². The molecule has 4 heteroatoms. The van der Waals surface area contributed by atoms with Crippen molar-refractivity contribution in [2.24, 2.45) is 0 Å². The van der Waals surface area contributed by atoms with Crippen molar-refractivity contribution in [3.8, 4) is 0 Å². The quantitative estimate of drug-likeness (QED) is 0.762. The number of fused-ring (bicyclic) bond motifs is 1. The number of aromatic amines is 1. The first-order chi connectivity index (χ1) is 9.66. The molecule has 0 aliphatic carbocycles. The first-order valence-corrected chi connectivity index (χ1v) is 7.10. The molecule has 0 unspecified atom stereocenters. The van der Waals surface area contributed by atoms with Crippen molar-refractivity contribution in [2.45, 2.75) is 32.9 Å². The lowest BCUT2D eigenvalue weighted by atomic mass is 10.1. The summed E-state index contributed by atoms with van der Waals surface area (Å²) >= 11 is 0. The van der Waals surface area contributed by atoms with Crippen molar-refractivity contribution in [3.63, 3.8) is 0 Å². The lowest BCUT2D eigenvalue weighted by Crippen LogP contribution is -2.22. The van der Waals surface area contributed by atoms with Crippen LogP contribution in [0.1, 0.15) is 25.8 Å². The first kappa shape index (κ1) is 14.8.